The molecule has 0 atom stereocenters. The van der Waals surface area contributed by atoms with Gasteiger partial charge in [0.1, 0.15) is 0 Å². The van der Waals surface area contributed by atoms with Crippen molar-refractivity contribution >= 4 is 6.03 Å². The van der Waals surface area contributed by atoms with E-state index < -0.39 is 0 Å². The number of nitrogens with one attached hydrogen (secondary N) is 2. The Balaban J connectivity index is 1.56. The van der Waals surface area contributed by atoms with E-state index in [0.717, 1.165) is 25.2 Å². The number of rotatable bonds is 8. The Morgan fingerprint density at radius 1 is 1.04 bits per heavy atom. The van der Waals surface area contributed by atoms with Gasteiger partial charge in [0.2, 0.25) is 0 Å². The maximum atomic E-state index is 11.7. The Hall–Kier alpha value is -2.40. The summed E-state index contributed by atoms with van der Waals surface area (Å²) in [4.78, 5) is 18.1. The van der Waals surface area contributed by atoms with Gasteiger partial charge in [-0.2, -0.15) is 0 Å². The molecule has 0 bridgehead atoms. The van der Waals surface area contributed by atoms with Crippen LogP contribution in [0.15, 0.2) is 54.7 Å². The monoisotopic (exact) mass is 312 g/mol. The van der Waals surface area contributed by atoms with Crippen LogP contribution in [-0.2, 0) is 13.0 Å². The van der Waals surface area contributed by atoms with E-state index in [-0.39, 0.29) is 6.03 Å². The predicted molar refractivity (Wildman–Crippen MR) is 92.1 cm³/mol. The van der Waals surface area contributed by atoms with Crippen molar-refractivity contribution in [2.24, 2.45) is 0 Å². The zero-order chi connectivity index (χ0) is 16.3. The lowest BCUT2D eigenvalue weighted by Gasteiger charge is -2.17. The Kier molecular flexibility index (Phi) is 7.07. The maximum absolute atomic E-state index is 11.7. The minimum atomic E-state index is -0.131. The van der Waals surface area contributed by atoms with Crippen molar-refractivity contribution in [1.29, 1.82) is 0 Å². The zero-order valence-electron chi connectivity index (χ0n) is 13.5. The van der Waals surface area contributed by atoms with Gasteiger partial charge in [-0.15, -0.1) is 0 Å². The van der Waals surface area contributed by atoms with Crippen LogP contribution in [0.2, 0.25) is 0 Å². The second-order valence-corrected chi connectivity index (χ2v) is 5.48. The molecule has 1 aromatic carbocycles. The highest BCUT2D eigenvalue weighted by molar-refractivity contribution is 5.73. The fourth-order valence-electron chi connectivity index (χ4n) is 2.25. The lowest BCUT2D eigenvalue weighted by molar-refractivity contribution is 0.238. The van der Waals surface area contributed by atoms with E-state index in [0.29, 0.717) is 13.1 Å². The molecule has 0 spiro atoms. The Morgan fingerprint density at radius 3 is 2.52 bits per heavy atom. The summed E-state index contributed by atoms with van der Waals surface area (Å²) < 4.78 is 0. The van der Waals surface area contributed by atoms with Crippen LogP contribution in [0.25, 0.3) is 0 Å². The number of aromatic nitrogens is 1. The summed E-state index contributed by atoms with van der Waals surface area (Å²) in [5, 5.41) is 5.72. The summed E-state index contributed by atoms with van der Waals surface area (Å²) in [6.07, 6.45) is 2.50. The number of likely N-dealkylation sites (N-methyl/N-ethyl adjacent to an activating group) is 1. The number of hydrogen-bond acceptors (Lipinski definition) is 3. The minimum absolute atomic E-state index is 0.131. The van der Waals surface area contributed by atoms with Crippen molar-refractivity contribution < 1.29 is 4.79 Å². The number of amides is 2. The first-order valence-electron chi connectivity index (χ1n) is 7.88. The summed E-state index contributed by atoms with van der Waals surface area (Å²) in [5.74, 6) is 0. The molecule has 2 rings (SSSR count). The van der Waals surface area contributed by atoms with E-state index in [1.807, 2.05) is 43.4 Å². The first kappa shape index (κ1) is 17.0. The molecule has 122 valence electrons. The molecule has 1 aromatic heterocycles. The second kappa shape index (κ2) is 9.58. The molecule has 0 fully saturated rings. The zero-order valence-corrected chi connectivity index (χ0v) is 13.5. The third-order valence-corrected chi connectivity index (χ3v) is 3.47. The van der Waals surface area contributed by atoms with Crippen LogP contribution in [0.5, 0.6) is 0 Å². The van der Waals surface area contributed by atoms with Crippen molar-refractivity contribution in [3.8, 4) is 0 Å². The molecule has 5 nitrogen and oxygen atoms in total. The highest BCUT2D eigenvalue weighted by Gasteiger charge is 2.02. The lowest BCUT2D eigenvalue weighted by atomic mass is 10.2. The fraction of sp³-hybridized carbons (Fsp3) is 0.333. The average molecular weight is 312 g/mol. The lowest BCUT2D eigenvalue weighted by Crippen LogP contribution is -2.40. The molecule has 2 aromatic rings. The van der Waals surface area contributed by atoms with Crippen molar-refractivity contribution in [2.45, 2.75) is 13.0 Å². The topological polar surface area (TPSA) is 57.3 Å². The van der Waals surface area contributed by atoms with Crippen LogP contribution >= 0.6 is 0 Å². The SMILES string of the molecule is CN(CCNC(=O)NCCc1ccccn1)Cc1ccccc1. The number of hydrogen-bond donors (Lipinski definition) is 2. The fourth-order valence-corrected chi connectivity index (χ4v) is 2.25. The Bertz CT molecular complexity index is 574. The number of urea groups is 1. The van der Waals surface area contributed by atoms with Gasteiger partial charge in [-0.3, -0.25) is 4.98 Å². The summed E-state index contributed by atoms with van der Waals surface area (Å²) in [5.41, 5.74) is 2.25. The molecule has 0 saturated carbocycles. The summed E-state index contributed by atoms with van der Waals surface area (Å²) in [7, 11) is 2.05. The molecular weight excluding hydrogens is 288 g/mol. The largest absolute Gasteiger partial charge is 0.338 e. The third-order valence-electron chi connectivity index (χ3n) is 3.47. The van der Waals surface area contributed by atoms with Gasteiger partial charge >= 0.3 is 6.03 Å². The van der Waals surface area contributed by atoms with Gasteiger partial charge in [0.15, 0.2) is 0 Å². The van der Waals surface area contributed by atoms with Gasteiger partial charge in [0.25, 0.3) is 0 Å². The van der Waals surface area contributed by atoms with Gasteiger partial charge in [0, 0.05) is 44.5 Å². The highest BCUT2D eigenvalue weighted by atomic mass is 16.2. The third kappa shape index (κ3) is 6.93. The minimum Gasteiger partial charge on any atom is -0.338 e. The van der Waals surface area contributed by atoms with Crippen molar-refractivity contribution in [2.75, 3.05) is 26.7 Å². The highest BCUT2D eigenvalue weighted by Crippen LogP contribution is 2.01. The van der Waals surface area contributed by atoms with Gasteiger partial charge in [0.05, 0.1) is 0 Å². The average Bonchev–Trinajstić information content (AvgIpc) is 2.57. The molecule has 5 heteroatoms. The molecule has 1 heterocycles. The molecule has 0 saturated heterocycles. The molecule has 0 radical (unpaired) electrons. The van der Waals surface area contributed by atoms with Gasteiger partial charge in [-0.25, -0.2) is 4.79 Å². The molecule has 0 unspecified atom stereocenters. The van der Waals surface area contributed by atoms with Gasteiger partial charge < -0.3 is 15.5 Å². The molecule has 2 amide bonds. The van der Waals surface area contributed by atoms with E-state index in [9.17, 15) is 4.79 Å². The van der Waals surface area contributed by atoms with Crippen LogP contribution in [0.4, 0.5) is 4.79 Å². The van der Waals surface area contributed by atoms with Crippen LogP contribution in [0, 0.1) is 0 Å². The maximum Gasteiger partial charge on any atom is 0.314 e. The number of benzene rings is 1. The van der Waals surface area contributed by atoms with E-state index in [1.165, 1.54) is 5.56 Å². The Labute approximate surface area is 137 Å². The molecule has 0 aliphatic rings. The van der Waals surface area contributed by atoms with Crippen LogP contribution in [0.3, 0.4) is 0 Å². The first-order valence-corrected chi connectivity index (χ1v) is 7.88. The van der Waals surface area contributed by atoms with E-state index >= 15 is 0 Å². The molecule has 0 aliphatic heterocycles. The van der Waals surface area contributed by atoms with Crippen LogP contribution in [-0.4, -0.2) is 42.6 Å². The van der Waals surface area contributed by atoms with E-state index in [4.69, 9.17) is 0 Å². The predicted octanol–water partition coefficient (Wildman–Crippen LogP) is 2.06. The number of carbonyl (C=O) groups excluding carboxylic acids is 1. The first-order chi connectivity index (χ1) is 11.2. The van der Waals surface area contributed by atoms with Crippen molar-refractivity contribution in [3.05, 3.63) is 66.0 Å². The Morgan fingerprint density at radius 2 is 1.78 bits per heavy atom. The number of nitrogens with zero attached hydrogens (tertiary/aromatic N) is 2. The van der Waals surface area contributed by atoms with Crippen LogP contribution in [0.1, 0.15) is 11.3 Å². The smallest absolute Gasteiger partial charge is 0.314 e. The summed E-state index contributed by atoms with van der Waals surface area (Å²) in [6, 6.07) is 16.0. The van der Waals surface area contributed by atoms with Crippen molar-refractivity contribution in [1.82, 2.24) is 20.5 Å². The number of pyridine rings is 1. The summed E-state index contributed by atoms with van der Waals surface area (Å²) in [6.45, 7) is 2.90. The number of carbonyl (C=O) groups is 1. The van der Waals surface area contributed by atoms with Crippen molar-refractivity contribution in [3.63, 3.8) is 0 Å². The van der Waals surface area contributed by atoms with Gasteiger partial charge in [-0.05, 0) is 24.7 Å². The molecule has 0 aliphatic carbocycles. The quantitative estimate of drug-likeness (QED) is 0.784. The van der Waals surface area contributed by atoms with E-state index in [1.54, 1.807) is 6.20 Å². The molecule has 2 N–H and O–H groups in total. The van der Waals surface area contributed by atoms with E-state index in [2.05, 4.69) is 32.7 Å². The molecular formula is C18H24N4O. The normalized spacial score (nSPS) is 10.5. The van der Waals surface area contributed by atoms with Crippen LogP contribution < -0.4 is 10.6 Å². The molecule has 23 heavy (non-hydrogen) atoms. The van der Waals surface area contributed by atoms with Gasteiger partial charge in [-0.1, -0.05) is 36.4 Å². The standard InChI is InChI=1S/C18H24N4O/c1-22(15-16-7-3-2-4-8-16)14-13-21-18(23)20-12-10-17-9-5-6-11-19-17/h2-9,11H,10,12-15H2,1H3,(H2,20,21,23). The second-order valence-electron chi connectivity index (χ2n) is 5.48. The summed E-state index contributed by atoms with van der Waals surface area (Å²) >= 11 is 0.